The molecular weight excluding hydrogens is 316 g/mol. The van der Waals surface area contributed by atoms with Gasteiger partial charge in [-0.25, -0.2) is 0 Å². The molecule has 0 aromatic carbocycles. The molecule has 0 heterocycles. The molecule has 0 unspecified atom stereocenters. The Morgan fingerprint density at radius 3 is 1.04 bits per heavy atom. The third kappa shape index (κ3) is 24.5. The van der Waals surface area contributed by atoms with Crippen LogP contribution in [0.2, 0.25) is 0 Å². The summed E-state index contributed by atoms with van der Waals surface area (Å²) in [6.07, 6.45) is 25.1. The van der Waals surface area contributed by atoms with Crippen LogP contribution in [0, 0.1) is 0 Å². The highest BCUT2D eigenvalue weighted by Crippen LogP contribution is 2.14. The topological polar surface area (TPSA) is 61.0 Å². The van der Waals surface area contributed by atoms with E-state index < -0.39 is 0 Å². The molecule has 3 heteroatoms. The van der Waals surface area contributed by atoms with E-state index in [0.29, 0.717) is 6.04 Å². The van der Waals surface area contributed by atoms with Crippen molar-refractivity contribution in [3.63, 3.8) is 0 Å². The minimum absolute atomic E-state index is 0. The maximum absolute atomic E-state index is 6.23. The lowest BCUT2D eigenvalue weighted by Gasteiger charge is -2.11. The molecular formula is C21H49ClN2. The Morgan fingerprint density at radius 2 is 0.750 bits per heavy atom. The molecule has 0 rings (SSSR count). The van der Waals surface area contributed by atoms with Gasteiger partial charge in [-0.05, 0) is 12.8 Å². The molecule has 0 aliphatic rings. The molecule has 0 saturated carbocycles. The van der Waals surface area contributed by atoms with Gasteiger partial charge in [-0.15, -0.1) is 12.4 Å². The first-order valence-corrected chi connectivity index (χ1v) is 10.6. The summed E-state index contributed by atoms with van der Waals surface area (Å²) in [5, 5.41) is 0. The van der Waals surface area contributed by atoms with Crippen LogP contribution in [0.3, 0.4) is 0 Å². The molecule has 0 amide bonds. The highest BCUT2D eigenvalue weighted by Gasteiger charge is 2.02. The standard InChI is InChI=1S/C21H45N.ClH.H3N/c1-3-5-7-9-11-13-15-17-19-21(22)20-18-16-14-12-10-8-6-4-2;;/h21H,3-20,22H2,1-2H3;1H;1H3. The van der Waals surface area contributed by atoms with Crippen molar-refractivity contribution in [3.05, 3.63) is 0 Å². The van der Waals surface area contributed by atoms with Crippen LogP contribution in [0.15, 0.2) is 0 Å². The van der Waals surface area contributed by atoms with Gasteiger partial charge >= 0.3 is 0 Å². The Hall–Kier alpha value is 0.210. The first-order chi connectivity index (χ1) is 10.8. The van der Waals surface area contributed by atoms with Crippen LogP contribution in [0.1, 0.15) is 129 Å². The molecule has 0 atom stereocenters. The predicted octanol–water partition coefficient (Wildman–Crippen LogP) is 7.96. The lowest BCUT2D eigenvalue weighted by Crippen LogP contribution is -2.19. The molecule has 0 saturated heterocycles. The Balaban J connectivity index is -0.00000220. The fraction of sp³-hybridized carbons (Fsp3) is 1.00. The Labute approximate surface area is 160 Å². The van der Waals surface area contributed by atoms with Crippen molar-refractivity contribution in [2.75, 3.05) is 0 Å². The van der Waals surface area contributed by atoms with Crippen LogP contribution in [0.25, 0.3) is 0 Å². The predicted molar refractivity (Wildman–Crippen MR) is 115 cm³/mol. The Morgan fingerprint density at radius 1 is 0.500 bits per heavy atom. The van der Waals surface area contributed by atoms with Crippen LogP contribution in [-0.2, 0) is 0 Å². The zero-order valence-electron chi connectivity index (χ0n) is 17.0. The van der Waals surface area contributed by atoms with Crippen LogP contribution in [0.5, 0.6) is 0 Å². The van der Waals surface area contributed by atoms with Crippen molar-refractivity contribution in [3.8, 4) is 0 Å². The summed E-state index contributed by atoms with van der Waals surface area (Å²) < 4.78 is 0. The van der Waals surface area contributed by atoms with E-state index in [-0.39, 0.29) is 18.6 Å². The van der Waals surface area contributed by atoms with E-state index in [1.165, 1.54) is 116 Å². The van der Waals surface area contributed by atoms with Crippen molar-refractivity contribution in [2.24, 2.45) is 5.73 Å². The van der Waals surface area contributed by atoms with Crippen molar-refractivity contribution >= 4 is 12.4 Å². The maximum atomic E-state index is 6.23. The lowest BCUT2D eigenvalue weighted by molar-refractivity contribution is 0.480. The maximum Gasteiger partial charge on any atom is 0.00388 e. The Kier molecular flexibility index (Phi) is 30.7. The van der Waals surface area contributed by atoms with Gasteiger partial charge in [0.1, 0.15) is 0 Å². The molecule has 0 radical (unpaired) electrons. The zero-order valence-corrected chi connectivity index (χ0v) is 17.8. The highest BCUT2D eigenvalue weighted by atomic mass is 35.5. The molecule has 0 aliphatic carbocycles. The van der Waals surface area contributed by atoms with Crippen molar-refractivity contribution < 1.29 is 0 Å². The van der Waals surface area contributed by atoms with Gasteiger partial charge in [0.15, 0.2) is 0 Å². The average Bonchev–Trinajstić information content (AvgIpc) is 2.52. The zero-order chi connectivity index (χ0) is 16.3. The third-order valence-corrected chi connectivity index (χ3v) is 4.86. The first-order valence-electron chi connectivity index (χ1n) is 10.6. The number of nitrogens with two attached hydrogens (primary N) is 1. The van der Waals surface area contributed by atoms with Gasteiger partial charge in [-0.1, -0.05) is 117 Å². The summed E-state index contributed by atoms with van der Waals surface area (Å²) in [5.74, 6) is 0. The minimum Gasteiger partial charge on any atom is -0.344 e. The van der Waals surface area contributed by atoms with Gasteiger partial charge in [0.2, 0.25) is 0 Å². The summed E-state index contributed by atoms with van der Waals surface area (Å²) in [4.78, 5) is 0. The monoisotopic (exact) mass is 364 g/mol. The lowest BCUT2D eigenvalue weighted by atomic mass is 10.0. The SMILES string of the molecule is CCCCCCCCCCC(N)CCCCCCCCCC.Cl.N. The average molecular weight is 365 g/mol. The number of hydrogen-bond donors (Lipinski definition) is 2. The van der Waals surface area contributed by atoms with E-state index in [1.54, 1.807) is 0 Å². The largest absolute Gasteiger partial charge is 0.344 e. The van der Waals surface area contributed by atoms with Gasteiger partial charge < -0.3 is 11.9 Å². The molecule has 5 N–H and O–H groups in total. The van der Waals surface area contributed by atoms with Gasteiger partial charge in [-0.3, -0.25) is 0 Å². The number of rotatable bonds is 18. The summed E-state index contributed by atoms with van der Waals surface area (Å²) in [7, 11) is 0. The fourth-order valence-electron chi connectivity index (χ4n) is 3.23. The number of hydrogen-bond acceptors (Lipinski definition) is 2. The molecule has 0 bridgehead atoms. The molecule has 0 aromatic heterocycles. The number of unbranched alkanes of at least 4 members (excludes halogenated alkanes) is 14. The van der Waals surface area contributed by atoms with Gasteiger partial charge in [0.25, 0.3) is 0 Å². The minimum atomic E-state index is 0. The molecule has 24 heavy (non-hydrogen) atoms. The Bertz CT molecular complexity index is 180. The second kappa shape index (κ2) is 25.5. The smallest absolute Gasteiger partial charge is 0.00388 e. The van der Waals surface area contributed by atoms with Crippen LogP contribution in [0.4, 0.5) is 0 Å². The van der Waals surface area contributed by atoms with E-state index in [2.05, 4.69) is 13.8 Å². The van der Waals surface area contributed by atoms with Gasteiger partial charge in [-0.2, -0.15) is 0 Å². The number of halogens is 1. The van der Waals surface area contributed by atoms with E-state index >= 15 is 0 Å². The van der Waals surface area contributed by atoms with Gasteiger partial charge in [0, 0.05) is 6.04 Å². The van der Waals surface area contributed by atoms with Crippen molar-refractivity contribution in [2.45, 2.75) is 135 Å². The summed E-state index contributed by atoms with van der Waals surface area (Å²) in [5.41, 5.74) is 6.23. The summed E-state index contributed by atoms with van der Waals surface area (Å²) in [6.45, 7) is 4.57. The molecule has 0 aliphatic heterocycles. The molecule has 150 valence electrons. The van der Waals surface area contributed by atoms with E-state index in [9.17, 15) is 0 Å². The summed E-state index contributed by atoms with van der Waals surface area (Å²) in [6, 6.07) is 0.472. The van der Waals surface area contributed by atoms with Crippen molar-refractivity contribution in [1.82, 2.24) is 6.15 Å². The van der Waals surface area contributed by atoms with E-state index in [1.807, 2.05) is 0 Å². The quantitative estimate of drug-likeness (QED) is 0.242. The second-order valence-corrected chi connectivity index (χ2v) is 7.29. The van der Waals surface area contributed by atoms with Gasteiger partial charge in [0.05, 0.1) is 0 Å². The fourth-order valence-corrected chi connectivity index (χ4v) is 3.23. The second-order valence-electron chi connectivity index (χ2n) is 7.29. The molecule has 0 fully saturated rings. The summed E-state index contributed by atoms with van der Waals surface area (Å²) >= 11 is 0. The molecule has 0 spiro atoms. The van der Waals surface area contributed by atoms with Crippen LogP contribution < -0.4 is 11.9 Å². The van der Waals surface area contributed by atoms with Crippen LogP contribution >= 0.6 is 12.4 Å². The van der Waals surface area contributed by atoms with E-state index in [0.717, 1.165) is 0 Å². The van der Waals surface area contributed by atoms with E-state index in [4.69, 9.17) is 5.73 Å². The first kappa shape index (κ1) is 29.0. The molecule has 2 nitrogen and oxygen atoms in total. The van der Waals surface area contributed by atoms with Crippen LogP contribution in [-0.4, -0.2) is 6.04 Å². The third-order valence-electron chi connectivity index (χ3n) is 4.86. The highest BCUT2D eigenvalue weighted by molar-refractivity contribution is 5.85. The molecule has 0 aromatic rings. The van der Waals surface area contributed by atoms with Crippen molar-refractivity contribution in [1.29, 1.82) is 0 Å². The normalized spacial score (nSPS) is 10.5.